The second-order valence-corrected chi connectivity index (χ2v) is 5.13. The van der Waals surface area contributed by atoms with E-state index in [1.54, 1.807) is 0 Å². The van der Waals surface area contributed by atoms with E-state index in [0.717, 1.165) is 45.6 Å². The Morgan fingerprint density at radius 1 is 1.40 bits per heavy atom. The average molecular weight is 214 g/mol. The summed E-state index contributed by atoms with van der Waals surface area (Å²) in [6.07, 6.45) is 3.40. The molecule has 1 heterocycles. The van der Waals surface area contributed by atoms with Crippen molar-refractivity contribution in [1.29, 1.82) is 0 Å². The zero-order valence-electron chi connectivity index (χ0n) is 10.4. The molecule has 0 amide bonds. The van der Waals surface area contributed by atoms with Crippen LogP contribution >= 0.6 is 0 Å². The van der Waals surface area contributed by atoms with Gasteiger partial charge in [0.05, 0.1) is 6.61 Å². The number of ether oxygens (including phenoxy) is 1. The maximum absolute atomic E-state index is 5.89. The second-order valence-electron chi connectivity index (χ2n) is 5.13. The minimum atomic E-state index is 0.171. The number of nitrogens with two attached hydrogens (primary N) is 1. The molecule has 1 aliphatic rings. The Labute approximate surface area is 93.8 Å². The van der Waals surface area contributed by atoms with Gasteiger partial charge in [-0.2, -0.15) is 0 Å². The molecule has 0 aromatic carbocycles. The Bertz CT molecular complexity index is 176. The molecule has 15 heavy (non-hydrogen) atoms. The predicted molar refractivity (Wildman–Crippen MR) is 63.9 cm³/mol. The molecule has 0 bridgehead atoms. The van der Waals surface area contributed by atoms with Crippen LogP contribution in [0.25, 0.3) is 0 Å². The number of hydrogen-bond acceptors (Lipinski definition) is 3. The summed E-state index contributed by atoms with van der Waals surface area (Å²) in [6, 6.07) is 0. The molecule has 1 rings (SSSR count). The third-order valence-corrected chi connectivity index (χ3v) is 4.04. The van der Waals surface area contributed by atoms with Gasteiger partial charge in [0.1, 0.15) is 0 Å². The van der Waals surface area contributed by atoms with E-state index >= 15 is 0 Å². The van der Waals surface area contributed by atoms with E-state index in [9.17, 15) is 0 Å². The summed E-state index contributed by atoms with van der Waals surface area (Å²) in [5, 5.41) is 3.65. The van der Waals surface area contributed by atoms with Crippen LogP contribution in [0.4, 0.5) is 0 Å². The summed E-state index contributed by atoms with van der Waals surface area (Å²) in [5.74, 6) is 0. The van der Waals surface area contributed by atoms with Gasteiger partial charge in [-0.25, -0.2) is 0 Å². The standard InChI is InChI=1S/C12H26N2O/c1-4-12(5-2,8-13)9-14-11(3)6-7-15-10-11/h14H,4-10,13H2,1-3H3. The van der Waals surface area contributed by atoms with Crippen LogP contribution in [-0.4, -0.2) is 31.8 Å². The van der Waals surface area contributed by atoms with Gasteiger partial charge < -0.3 is 15.8 Å². The molecule has 1 unspecified atom stereocenters. The van der Waals surface area contributed by atoms with E-state index in [-0.39, 0.29) is 11.0 Å². The molecule has 0 aliphatic carbocycles. The highest BCUT2D eigenvalue weighted by Crippen LogP contribution is 2.26. The molecule has 3 nitrogen and oxygen atoms in total. The van der Waals surface area contributed by atoms with Gasteiger partial charge in [-0.3, -0.25) is 0 Å². The Morgan fingerprint density at radius 2 is 2.07 bits per heavy atom. The van der Waals surface area contributed by atoms with Crippen molar-refractivity contribution in [2.75, 3.05) is 26.3 Å². The van der Waals surface area contributed by atoms with Gasteiger partial charge >= 0.3 is 0 Å². The van der Waals surface area contributed by atoms with Gasteiger partial charge in [0.2, 0.25) is 0 Å². The van der Waals surface area contributed by atoms with E-state index < -0.39 is 0 Å². The molecule has 0 aromatic heterocycles. The van der Waals surface area contributed by atoms with E-state index in [1.165, 1.54) is 0 Å². The summed E-state index contributed by atoms with van der Waals surface area (Å²) in [4.78, 5) is 0. The van der Waals surface area contributed by atoms with Crippen molar-refractivity contribution in [2.24, 2.45) is 11.1 Å². The van der Waals surface area contributed by atoms with E-state index in [2.05, 4.69) is 26.1 Å². The molecule has 1 fully saturated rings. The summed E-state index contributed by atoms with van der Waals surface area (Å²) in [6.45, 7) is 10.2. The molecule has 0 radical (unpaired) electrons. The van der Waals surface area contributed by atoms with Crippen molar-refractivity contribution >= 4 is 0 Å². The minimum absolute atomic E-state index is 0.171. The molecule has 1 aliphatic heterocycles. The van der Waals surface area contributed by atoms with Crippen LogP contribution in [0, 0.1) is 5.41 Å². The molecule has 1 atom stereocenters. The van der Waals surface area contributed by atoms with Crippen LogP contribution in [0.1, 0.15) is 40.0 Å². The molecule has 0 spiro atoms. The summed E-state index contributed by atoms with van der Waals surface area (Å²) in [5.41, 5.74) is 6.33. The summed E-state index contributed by atoms with van der Waals surface area (Å²) >= 11 is 0. The first kappa shape index (κ1) is 12.9. The van der Waals surface area contributed by atoms with Crippen LogP contribution in [0.2, 0.25) is 0 Å². The number of hydrogen-bond donors (Lipinski definition) is 2. The maximum atomic E-state index is 5.89. The van der Waals surface area contributed by atoms with Crippen LogP contribution in [0.5, 0.6) is 0 Å². The van der Waals surface area contributed by atoms with Gasteiger partial charge in [0.15, 0.2) is 0 Å². The molecule has 3 N–H and O–H groups in total. The van der Waals surface area contributed by atoms with Crippen LogP contribution in [0.3, 0.4) is 0 Å². The Morgan fingerprint density at radius 3 is 2.47 bits per heavy atom. The SMILES string of the molecule is CCC(CC)(CN)CNC1(C)CCOC1. The van der Waals surface area contributed by atoms with Gasteiger partial charge in [-0.15, -0.1) is 0 Å². The Kier molecular flexibility index (Phi) is 4.56. The van der Waals surface area contributed by atoms with Crippen LogP contribution in [0.15, 0.2) is 0 Å². The Balaban J connectivity index is 2.45. The van der Waals surface area contributed by atoms with Crippen molar-refractivity contribution in [2.45, 2.75) is 45.6 Å². The van der Waals surface area contributed by atoms with E-state index in [4.69, 9.17) is 10.5 Å². The highest BCUT2D eigenvalue weighted by atomic mass is 16.5. The normalized spacial score (nSPS) is 27.2. The predicted octanol–water partition coefficient (Wildman–Crippen LogP) is 1.52. The highest BCUT2D eigenvalue weighted by Gasteiger charge is 2.32. The minimum Gasteiger partial charge on any atom is -0.379 e. The number of rotatable bonds is 6. The quantitative estimate of drug-likeness (QED) is 0.705. The van der Waals surface area contributed by atoms with Crippen LogP contribution < -0.4 is 11.1 Å². The largest absolute Gasteiger partial charge is 0.379 e. The van der Waals surface area contributed by atoms with Crippen molar-refractivity contribution in [3.8, 4) is 0 Å². The lowest BCUT2D eigenvalue weighted by atomic mass is 9.81. The molecule has 0 aromatic rings. The van der Waals surface area contributed by atoms with E-state index in [1.807, 2.05) is 0 Å². The first-order valence-corrected chi connectivity index (χ1v) is 6.12. The highest BCUT2D eigenvalue weighted by molar-refractivity contribution is 4.90. The van der Waals surface area contributed by atoms with Gasteiger partial charge in [-0.05, 0) is 38.1 Å². The van der Waals surface area contributed by atoms with Gasteiger partial charge in [-0.1, -0.05) is 13.8 Å². The van der Waals surface area contributed by atoms with Crippen molar-refractivity contribution < 1.29 is 4.74 Å². The third-order valence-electron chi connectivity index (χ3n) is 4.04. The lowest BCUT2D eigenvalue weighted by molar-refractivity contribution is 0.159. The zero-order valence-corrected chi connectivity index (χ0v) is 10.4. The second kappa shape index (κ2) is 5.28. The lowest BCUT2D eigenvalue weighted by Gasteiger charge is -2.35. The topological polar surface area (TPSA) is 47.3 Å². The fourth-order valence-electron chi connectivity index (χ4n) is 2.07. The van der Waals surface area contributed by atoms with Gasteiger partial charge in [0, 0.05) is 18.7 Å². The molecule has 0 saturated carbocycles. The van der Waals surface area contributed by atoms with Gasteiger partial charge in [0.25, 0.3) is 0 Å². The zero-order chi connectivity index (χ0) is 11.4. The van der Waals surface area contributed by atoms with E-state index in [0.29, 0.717) is 0 Å². The first-order valence-electron chi connectivity index (χ1n) is 6.12. The lowest BCUT2D eigenvalue weighted by Crippen LogP contribution is -2.50. The Hall–Kier alpha value is -0.120. The maximum Gasteiger partial charge on any atom is 0.0646 e. The smallest absolute Gasteiger partial charge is 0.0646 e. The molecule has 3 heteroatoms. The summed E-state index contributed by atoms with van der Waals surface area (Å²) < 4.78 is 5.43. The summed E-state index contributed by atoms with van der Waals surface area (Å²) in [7, 11) is 0. The molecular weight excluding hydrogens is 188 g/mol. The fourth-order valence-corrected chi connectivity index (χ4v) is 2.07. The van der Waals surface area contributed by atoms with Crippen LogP contribution in [-0.2, 0) is 4.74 Å². The van der Waals surface area contributed by atoms with Crippen molar-refractivity contribution in [1.82, 2.24) is 5.32 Å². The molecule has 1 saturated heterocycles. The third kappa shape index (κ3) is 3.16. The van der Waals surface area contributed by atoms with Crippen molar-refractivity contribution in [3.05, 3.63) is 0 Å². The van der Waals surface area contributed by atoms with Crippen molar-refractivity contribution in [3.63, 3.8) is 0 Å². The molecule has 90 valence electrons. The number of nitrogens with one attached hydrogen (secondary N) is 1. The fraction of sp³-hybridized carbons (Fsp3) is 1.00. The molecular formula is C12H26N2O. The first-order chi connectivity index (χ1) is 7.10. The average Bonchev–Trinajstić information content (AvgIpc) is 2.69. The monoisotopic (exact) mass is 214 g/mol.